The molecule has 0 spiro atoms. The molecule has 1 amide bonds. The van der Waals surface area contributed by atoms with Gasteiger partial charge < -0.3 is 14.7 Å². The van der Waals surface area contributed by atoms with E-state index in [1.54, 1.807) is 26.1 Å². The number of ether oxygens (including phenoxy) is 1. The second-order valence-corrected chi connectivity index (χ2v) is 10.4. The smallest absolute Gasteiger partial charge is 0.273 e. The lowest BCUT2D eigenvalue weighted by Crippen LogP contribution is -2.50. The molecule has 0 aliphatic carbocycles. The van der Waals surface area contributed by atoms with Gasteiger partial charge in [-0.1, -0.05) is 22.9 Å². The van der Waals surface area contributed by atoms with Crippen LogP contribution in [0.5, 0.6) is 5.75 Å². The van der Waals surface area contributed by atoms with Crippen LogP contribution in [0.1, 0.15) is 24.3 Å². The average Bonchev–Trinajstić information content (AvgIpc) is 2.75. The summed E-state index contributed by atoms with van der Waals surface area (Å²) in [5.74, 6) is -0.386. The van der Waals surface area contributed by atoms with Gasteiger partial charge in [0, 0.05) is 42.4 Å². The van der Waals surface area contributed by atoms with E-state index >= 15 is 0 Å². The van der Waals surface area contributed by atoms with Gasteiger partial charge in [-0.05, 0) is 25.1 Å². The normalized spacial score (nSPS) is 21.8. The Labute approximate surface area is 190 Å². The predicted octanol–water partition coefficient (Wildman–Crippen LogP) is 1.78. The minimum Gasteiger partial charge on any atom is -0.487 e. The van der Waals surface area contributed by atoms with E-state index < -0.39 is 22.2 Å². The number of hydrogen-bond donors (Lipinski definition) is 1. The molecule has 0 saturated heterocycles. The first-order valence-corrected chi connectivity index (χ1v) is 12.0. The van der Waals surface area contributed by atoms with Gasteiger partial charge in [0.25, 0.3) is 5.91 Å². The molecule has 0 radical (unpaired) electrons. The van der Waals surface area contributed by atoms with Gasteiger partial charge in [-0.15, -0.1) is 0 Å². The molecule has 168 valence electrons. The van der Waals surface area contributed by atoms with Crippen molar-refractivity contribution in [2.45, 2.75) is 30.9 Å². The zero-order valence-electron chi connectivity index (χ0n) is 17.5. The van der Waals surface area contributed by atoms with Gasteiger partial charge >= 0.3 is 0 Å². The summed E-state index contributed by atoms with van der Waals surface area (Å²) in [6.45, 7) is 3.56. The number of carbonyl (C=O) groups excluding carboxylic acids is 1. The Morgan fingerprint density at radius 2 is 2.16 bits per heavy atom. The number of amides is 1. The Morgan fingerprint density at radius 3 is 2.81 bits per heavy atom. The van der Waals surface area contributed by atoms with E-state index in [1.165, 1.54) is 33.9 Å². The summed E-state index contributed by atoms with van der Waals surface area (Å²) < 4.78 is 34.7. The second kappa shape index (κ2) is 9.60. The van der Waals surface area contributed by atoms with E-state index in [-0.39, 0.29) is 47.9 Å². The molecule has 2 heterocycles. The molecule has 3 rings (SSSR count). The van der Waals surface area contributed by atoms with Crippen LogP contribution < -0.4 is 4.74 Å². The van der Waals surface area contributed by atoms with Gasteiger partial charge in [-0.3, -0.25) is 9.78 Å². The second-order valence-electron chi connectivity index (χ2n) is 7.61. The molecule has 9 nitrogen and oxygen atoms in total. The third-order valence-corrected chi connectivity index (χ3v) is 7.72. The standard InChI is InChI=1S/C20H25BrN4O5S/c1-13-10-25(14(2)12-26)31(28,29)19-5-4-15(21)8-17(19)30-18(13)11-24(3)20(27)16-9-22-6-7-23-16/h4-9,13-14,18,26H,10-12H2,1-3H3/t13-,14-,18-/m0/s1. The minimum atomic E-state index is -3.89. The lowest BCUT2D eigenvalue weighted by molar-refractivity contribution is 0.0559. The van der Waals surface area contributed by atoms with E-state index in [0.29, 0.717) is 4.47 Å². The predicted molar refractivity (Wildman–Crippen MR) is 117 cm³/mol. The maximum absolute atomic E-state index is 13.3. The lowest BCUT2D eigenvalue weighted by Gasteiger charge is -2.37. The van der Waals surface area contributed by atoms with Gasteiger partial charge in [0.05, 0.1) is 19.3 Å². The minimum absolute atomic E-state index is 0.0239. The summed E-state index contributed by atoms with van der Waals surface area (Å²) in [7, 11) is -2.25. The van der Waals surface area contributed by atoms with Gasteiger partial charge in [0.2, 0.25) is 10.0 Å². The molecule has 0 unspecified atom stereocenters. The monoisotopic (exact) mass is 512 g/mol. The molecule has 11 heteroatoms. The quantitative estimate of drug-likeness (QED) is 0.649. The number of fused-ring (bicyclic) bond motifs is 1. The Bertz CT molecular complexity index is 1040. The Kier molecular flexibility index (Phi) is 7.30. The van der Waals surface area contributed by atoms with Crippen molar-refractivity contribution in [2.75, 3.05) is 26.7 Å². The number of nitrogens with zero attached hydrogens (tertiary/aromatic N) is 4. The number of aromatic nitrogens is 2. The van der Waals surface area contributed by atoms with Crippen molar-refractivity contribution in [1.29, 1.82) is 0 Å². The van der Waals surface area contributed by atoms with Gasteiger partial charge in [-0.2, -0.15) is 4.31 Å². The highest BCUT2D eigenvalue weighted by atomic mass is 79.9. The molecule has 31 heavy (non-hydrogen) atoms. The van der Waals surface area contributed by atoms with Crippen LogP contribution in [0.2, 0.25) is 0 Å². The van der Waals surface area contributed by atoms with Crippen LogP contribution in [-0.2, 0) is 10.0 Å². The Balaban J connectivity index is 1.96. The fourth-order valence-corrected chi connectivity index (χ4v) is 5.54. The van der Waals surface area contributed by atoms with Crippen molar-refractivity contribution >= 4 is 31.9 Å². The maximum Gasteiger partial charge on any atom is 0.273 e. The lowest BCUT2D eigenvalue weighted by atomic mass is 10.0. The van der Waals surface area contributed by atoms with Gasteiger partial charge in [-0.25, -0.2) is 13.4 Å². The number of benzene rings is 1. The molecule has 0 fully saturated rings. The van der Waals surface area contributed by atoms with E-state index in [2.05, 4.69) is 25.9 Å². The number of likely N-dealkylation sites (N-methyl/N-ethyl adjacent to an activating group) is 1. The SMILES string of the molecule is C[C@H]1CN([C@@H](C)CO)S(=O)(=O)c2ccc(Br)cc2O[C@H]1CN(C)C(=O)c1cnccn1. The summed E-state index contributed by atoms with van der Waals surface area (Å²) in [6, 6.07) is 4.10. The number of rotatable bonds is 5. The first-order chi connectivity index (χ1) is 14.6. The molecule has 1 N–H and O–H groups in total. The number of aliphatic hydroxyl groups excluding tert-OH is 1. The molecule has 0 saturated carbocycles. The summed E-state index contributed by atoms with van der Waals surface area (Å²) in [5.41, 5.74) is 0.213. The highest BCUT2D eigenvalue weighted by molar-refractivity contribution is 9.10. The van der Waals surface area contributed by atoms with Crippen LogP contribution in [0, 0.1) is 5.92 Å². The van der Waals surface area contributed by atoms with Crippen LogP contribution in [0.15, 0.2) is 46.2 Å². The van der Waals surface area contributed by atoms with Crippen molar-refractivity contribution in [3.05, 3.63) is 47.0 Å². The average molecular weight is 513 g/mol. The number of halogens is 1. The molecule has 1 aliphatic rings. The summed E-state index contributed by atoms with van der Waals surface area (Å²) >= 11 is 3.36. The van der Waals surface area contributed by atoms with E-state index in [9.17, 15) is 18.3 Å². The number of sulfonamides is 1. The summed E-state index contributed by atoms with van der Waals surface area (Å²) in [5, 5.41) is 9.66. The Hall–Kier alpha value is -2.08. The first-order valence-electron chi connectivity index (χ1n) is 9.75. The molecule has 1 aliphatic heterocycles. The zero-order chi connectivity index (χ0) is 22.8. The van der Waals surface area contributed by atoms with Crippen molar-refractivity contribution < 1.29 is 23.1 Å². The fourth-order valence-electron chi connectivity index (χ4n) is 3.38. The van der Waals surface area contributed by atoms with Crippen LogP contribution in [0.4, 0.5) is 0 Å². The van der Waals surface area contributed by atoms with Crippen molar-refractivity contribution in [2.24, 2.45) is 5.92 Å². The maximum atomic E-state index is 13.3. The summed E-state index contributed by atoms with van der Waals surface area (Å²) in [6.07, 6.45) is 3.83. The van der Waals surface area contributed by atoms with Crippen LogP contribution in [0.3, 0.4) is 0 Å². The molecule has 1 aromatic carbocycles. The molecule has 2 aromatic rings. The van der Waals surface area contributed by atoms with E-state index in [1.807, 2.05) is 6.92 Å². The van der Waals surface area contributed by atoms with Gasteiger partial charge in [0.15, 0.2) is 0 Å². The largest absolute Gasteiger partial charge is 0.487 e. The number of carbonyl (C=O) groups is 1. The molecule has 1 aromatic heterocycles. The third-order valence-electron chi connectivity index (χ3n) is 5.21. The van der Waals surface area contributed by atoms with Crippen LogP contribution >= 0.6 is 15.9 Å². The molecular formula is C20H25BrN4O5S. The molecule has 3 atom stereocenters. The van der Waals surface area contributed by atoms with E-state index in [0.717, 1.165) is 0 Å². The topological polar surface area (TPSA) is 113 Å². The Morgan fingerprint density at radius 1 is 1.42 bits per heavy atom. The molecular weight excluding hydrogens is 488 g/mol. The van der Waals surface area contributed by atoms with E-state index in [4.69, 9.17) is 4.74 Å². The highest BCUT2D eigenvalue weighted by Gasteiger charge is 2.38. The first kappa shape index (κ1) is 23.6. The van der Waals surface area contributed by atoms with Crippen molar-refractivity contribution in [3.8, 4) is 5.75 Å². The van der Waals surface area contributed by atoms with Crippen molar-refractivity contribution in [1.82, 2.24) is 19.2 Å². The van der Waals surface area contributed by atoms with Crippen molar-refractivity contribution in [3.63, 3.8) is 0 Å². The van der Waals surface area contributed by atoms with Crippen LogP contribution in [-0.4, -0.2) is 77.5 Å². The summed E-state index contributed by atoms with van der Waals surface area (Å²) in [4.78, 5) is 22.2. The van der Waals surface area contributed by atoms with Gasteiger partial charge in [0.1, 0.15) is 22.4 Å². The third kappa shape index (κ3) is 5.05. The number of aliphatic hydroxyl groups is 1. The number of hydrogen-bond acceptors (Lipinski definition) is 7. The zero-order valence-corrected chi connectivity index (χ0v) is 19.9. The highest BCUT2D eigenvalue weighted by Crippen LogP contribution is 2.35. The molecule has 0 bridgehead atoms. The fraction of sp³-hybridized carbons (Fsp3) is 0.450. The van der Waals surface area contributed by atoms with Crippen LogP contribution in [0.25, 0.3) is 0 Å².